The maximum atomic E-state index is 6.25. The van der Waals surface area contributed by atoms with E-state index in [0.717, 1.165) is 29.1 Å². The third-order valence-corrected chi connectivity index (χ3v) is 4.57. The molecule has 0 amide bonds. The van der Waals surface area contributed by atoms with Gasteiger partial charge in [0.05, 0.1) is 5.02 Å². The molecule has 0 atom stereocenters. The van der Waals surface area contributed by atoms with Crippen molar-refractivity contribution >= 4 is 34.7 Å². The summed E-state index contributed by atoms with van der Waals surface area (Å²) in [5, 5.41) is 5.07. The molecule has 0 aliphatic heterocycles. The lowest BCUT2D eigenvalue weighted by molar-refractivity contribution is 0.302. The van der Waals surface area contributed by atoms with Crippen molar-refractivity contribution in [1.82, 2.24) is 9.38 Å². The Morgan fingerprint density at radius 1 is 1.00 bits per heavy atom. The van der Waals surface area contributed by atoms with Crippen molar-refractivity contribution in [2.75, 3.05) is 5.32 Å². The van der Waals surface area contributed by atoms with Crippen LogP contribution >= 0.6 is 23.2 Å². The number of hydrogen-bond acceptors (Lipinski definition) is 2. The van der Waals surface area contributed by atoms with Gasteiger partial charge in [0.15, 0.2) is 0 Å². The van der Waals surface area contributed by atoms with Gasteiger partial charge >= 0.3 is 0 Å². The second-order valence-corrected chi connectivity index (χ2v) is 9.51. The number of fused-ring (bicyclic) bond motifs is 1. The van der Waals surface area contributed by atoms with Gasteiger partial charge in [0.1, 0.15) is 17.2 Å². The Morgan fingerprint density at radius 3 is 2.38 bits per heavy atom. The van der Waals surface area contributed by atoms with Crippen LogP contribution in [0.3, 0.4) is 0 Å². The predicted molar refractivity (Wildman–Crippen MR) is 112 cm³/mol. The molecule has 2 aromatic heterocycles. The van der Waals surface area contributed by atoms with Gasteiger partial charge in [-0.25, -0.2) is 4.98 Å². The molecule has 0 fully saturated rings. The summed E-state index contributed by atoms with van der Waals surface area (Å²) in [6.45, 7) is 11.2. The van der Waals surface area contributed by atoms with Crippen molar-refractivity contribution in [3.05, 3.63) is 52.6 Å². The first-order valence-electron chi connectivity index (χ1n) is 8.76. The summed E-state index contributed by atoms with van der Waals surface area (Å²) in [5.74, 6) is 0.930. The monoisotopic (exact) mass is 389 g/mol. The van der Waals surface area contributed by atoms with Gasteiger partial charge in [-0.05, 0) is 49.9 Å². The van der Waals surface area contributed by atoms with E-state index in [-0.39, 0.29) is 11.0 Å². The van der Waals surface area contributed by atoms with Gasteiger partial charge in [0, 0.05) is 22.3 Å². The van der Waals surface area contributed by atoms with E-state index in [1.165, 1.54) is 0 Å². The minimum Gasteiger partial charge on any atom is -0.364 e. The van der Waals surface area contributed by atoms with Crippen LogP contribution in [0.15, 0.2) is 42.6 Å². The predicted octanol–water partition coefficient (Wildman–Crippen LogP) is 6.93. The van der Waals surface area contributed by atoms with Crippen LogP contribution in [0.4, 0.5) is 5.82 Å². The highest BCUT2D eigenvalue weighted by Crippen LogP contribution is 2.35. The second-order valence-electron chi connectivity index (χ2n) is 8.64. The summed E-state index contributed by atoms with van der Waals surface area (Å²) < 4.78 is 2.02. The number of aromatic nitrogens is 2. The molecule has 3 aromatic rings. The van der Waals surface area contributed by atoms with Crippen molar-refractivity contribution in [2.24, 2.45) is 5.41 Å². The van der Waals surface area contributed by atoms with Gasteiger partial charge in [0.25, 0.3) is 0 Å². The average molecular weight is 390 g/mol. The highest BCUT2D eigenvalue weighted by atomic mass is 35.5. The number of halogens is 2. The standard InChI is InChI=1S/C21H25Cl2N3/c1-20(2,3)13-21(4,5)25-19-18(14-7-6-8-15(22)11-14)24-17-10-9-16(23)12-26(17)19/h6-12,25H,13H2,1-5H3. The Kier molecular flexibility index (Phi) is 4.98. The molecule has 138 valence electrons. The van der Waals surface area contributed by atoms with E-state index >= 15 is 0 Å². The normalized spacial score (nSPS) is 12.6. The molecule has 0 bridgehead atoms. The van der Waals surface area contributed by atoms with E-state index in [2.05, 4.69) is 39.9 Å². The molecule has 1 aromatic carbocycles. The Bertz CT molecular complexity index is 936. The van der Waals surface area contributed by atoms with Crippen LogP contribution in [0.1, 0.15) is 41.0 Å². The van der Waals surface area contributed by atoms with Crippen LogP contribution < -0.4 is 5.32 Å². The van der Waals surface area contributed by atoms with E-state index < -0.39 is 0 Å². The summed E-state index contributed by atoms with van der Waals surface area (Å²) >= 11 is 12.5. The molecule has 26 heavy (non-hydrogen) atoms. The molecular formula is C21H25Cl2N3. The molecule has 0 unspecified atom stereocenters. The molecule has 1 N–H and O–H groups in total. The van der Waals surface area contributed by atoms with Crippen molar-refractivity contribution in [3.8, 4) is 11.3 Å². The lowest BCUT2D eigenvalue weighted by Crippen LogP contribution is -2.36. The molecule has 3 rings (SSSR count). The van der Waals surface area contributed by atoms with Crippen LogP contribution in [0.5, 0.6) is 0 Å². The van der Waals surface area contributed by atoms with Crippen molar-refractivity contribution in [1.29, 1.82) is 0 Å². The molecule has 3 nitrogen and oxygen atoms in total. The minimum atomic E-state index is -0.121. The van der Waals surface area contributed by atoms with E-state index in [9.17, 15) is 0 Å². The molecule has 2 heterocycles. The summed E-state index contributed by atoms with van der Waals surface area (Å²) in [6.07, 6.45) is 2.90. The smallest absolute Gasteiger partial charge is 0.139 e. The molecule has 0 radical (unpaired) electrons. The molecule has 0 aliphatic carbocycles. The molecular weight excluding hydrogens is 365 g/mol. The van der Waals surface area contributed by atoms with E-state index in [0.29, 0.717) is 10.0 Å². The number of rotatable bonds is 4. The number of nitrogens with one attached hydrogen (secondary N) is 1. The Labute approximate surface area is 165 Å². The minimum absolute atomic E-state index is 0.121. The number of hydrogen-bond donors (Lipinski definition) is 1. The summed E-state index contributed by atoms with van der Waals surface area (Å²) in [5.41, 5.74) is 2.77. The number of nitrogens with zero attached hydrogens (tertiary/aromatic N) is 2. The van der Waals surface area contributed by atoms with Gasteiger partial charge in [0.2, 0.25) is 0 Å². The van der Waals surface area contributed by atoms with Gasteiger partial charge in [-0.2, -0.15) is 0 Å². The van der Waals surface area contributed by atoms with E-state index in [4.69, 9.17) is 28.2 Å². The van der Waals surface area contributed by atoms with E-state index in [1.807, 2.05) is 47.0 Å². The van der Waals surface area contributed by atoms with Crippen molar-refractivity contribution < 1.29 is 0 Å². The summed E-state index contributed by atoms with van der Waals surface area (Å²) in [7, 11) is 0. The summed E-state index contributed by atoms with van der Waals surface area (Å²) in [4.78, 5) is 4.83. The largest absolute Gasteiger partial charge is 0.364 e. The van der Waals surface area contributed by atoms with Crippen LogP contribution in [-0.2, 0) is 0 Å². The molecule has 0 saturated carbocycles. The van der Waals surface area contributed by atoms with Crippen LogP contribution in [0, 0.1) is 5.41 Å². The third kappa shape index (κ3) is 4.33. The van der Waals surface area contributed by atoms with Crippen LogP contribution in [-0.4, -0.2) is 14.9 Å². The maximum Gasteiger partial charge on any atom is 0.139 e. The fourth-order valence-corrected chi connectivity index (χ4v) is 4.02. The third-order valence-electron chi connectivity index (χ3n) is 4.11. The quantitative estimate of drug-likeness (QED) is 0.523. The molecule has 5 heteroatoms. The highest BCUT2D eigenvalue weighted by Gasteiger charge is 2.28. The van der Waals surface area contributed by atoms with Crippen molar-refractivity contribution in [2.45, 2.75) is 46.6 Å². The fraction of sp³-hybridized carbons (Fsp3) is 0.381. The second kappa shape index (κ2) is 6.79. The van der Waals surface area contributed by atoms with Gasteiger partial charge in [-0.15, -0.1) is 0 Å². The number of anilines is 1. The number of benzene rings is 1. The first-order chi connectivity index (χ1) is 12.0. The van der Waals surface area contributed by atoms with Gasteiger partial charge < -0.3 is 5.32 Å². The lowest BCUT2D eigenvalue weighted by Gasteiger charge is -2.34. The first-order valence-corrected chi connectivity index (χ1v) is 9.51. The lowest BCUT2D eigenvalue weighted by atomic mass is 9.82. The average Bonchev–Trinajstić information content (AvgIpc) is 2.82. The Hall–Kier alpha value is -1.71. The molecule has 0 saturated heterocycles. The zero-order valence-corrected chi connectivity index (χ0v) is 17.4. The topological polar surface area (TPSA) is 29.3 Å². The molecule has 0 spiro atoms. The number of imidazole rings is 1. The van der Waals surface area contributed by atoms with Gasteiger partial charge in [-0.3, -0.25) is 4.40 Å². The van der Waals surface area contributed by atoms with Crippen LogP contribution in [0.2, 0.25) is 10.0 Å². The molecule has 0 aliphatic rings. The zero-order valence-electron chi connectivity index (χ0n) is 15.9. The SMILES string of the molecule is CC(C)(C)CC(C)(C)Nc1c(-c2cccc(Cl)c2)nc2ccc(Cl)cn12. The summed E-state index contributed by atoms with van der Waals surface area (Å²) in [6, 6.07) is 11.6. The Morgan fingerprint density at radius 2 is 1.73 bits per heavy atom. The van der Waals surface area contributed by atoms with Crippen molar-refractivity contribution in [3.63, 3.8) is 0 Å². The number of pyridine rings is 1. The van der Waals surface area contributed by atoms with Crippen LogP contribution in [0.25, 0.3) is 16.9 Å². The fourth-order valence-electron chi connectivity index (χ4n) is 3.67. The highest BCUT2D eigenvalue weighted by molar-refractivity contribution is 6.31. The van der Waals surface area contributed by atoms with E-state index in [1.54, 1.807) is 0 Å². The zero-order chi connectivity index (χ0) is 19.1. The maximum absolute atomic E-state index is 6.25. The first kappa shape index (κ1) is 19.1. The van der Waals surface area contributed by atoms with Gasteiger partial charge in [-0.1, -0.05) is 56.1 Å². The Balaban J connectivity index is 2.15.